The number of aryl methyl sites for hydroxylation is 1. The van der Waals surface area contributed by atoms with E-state index in [4.69, 9.17) is 4.74 Å². The Labute approximate surface area is 164 Å². The quantitative estimate of drug-likeness (QED) is 0.633. The molecule has 0 saturated heterocycles. The summed E-state index contributed by atoms with van der Waals surface area (Å²) in [5, 5.41) is 11.1. The van der Waals surface area contributed by atoms with Crippen molar-refractivity contribution in [1.82, 2.24) is 25.4 Å². The van der Waals surface area contributed by atoms with Crippen LogP contribution in [0.25, 0.3) is 21.6 Å². The Kier molecular flexibility index (Phi) is 5.69. The Morgan fingerprint density at radius 1 is 1.36 bits per heavy atom. The second-order valence-corrected chi connectivity index (χ2v) is 6.79. The van der Waals surface area contributed by atoms with Crippen LogP contribution in [0, 0.1) is 0 Å². The highest BCUT2D eigenvalue weighted by molar-refractivity contribution is 7.13. The largest absolute Gasteiger partial charge is 0.449 e. The van der Waals surface area contributed by atoms with Crippen LogP contribution in [0.3, 0.4) is 0 Å². The zero-order chi connectivity index (χ0) is 20.3. The summed E-state index contributed by atoms with van der Waals surface area (Å²) in [6.07, 6.45) is 0.398. The highest BCUT2D eigenvalue weighted by atomic mass is 32.1. The molecular formula is C18H19N5O4S. The summed E-state index contributed by atoms with van der Waals surface area (Å²) in [5.74, 6) is -1.42. The van der Waals surface area contributed by atoms with Gasteiger partial charge in [-0.2, -0.15) is 5.10 Å². The number of nitrogens with one attached hydrogen (secondary N) is 2. The van der Waals surface area contributed by atoms with Gasteiger partial charge >= 0.3 is 12.0 Å². The van der Waals surface area contributed by atoms with Crippen molar-refractivity contribution in [2.45, 2.75) is 26.5 Å². The van der Waals surface area contributed by atoms with Gasteiger partial charge < -0.3 is 10.1 Å². The van der Waals surface area contributed by atoms with Crippen LogP contribution in [0.15, 0.2) is 29.8 Å². The monoisotopic (exact) mass is 401 g/mol. The molecule has 0 aliphatic carbocycles. The minimum Gasteiger partial charge on any atom is -0.449 e. The molecule has 1 atom stereocenters. The second kappa shape index (κ2) is 8.17. The number of hydrogen-bond acceptors (Lipinski definition) is 7. The normalized spacial score (nSPS) is 11.8. The zero-order valence-corrected chi connectivity index (χ0v) is 16.4. The number of pyridine rings is 1. The van der Waals surface area contributed by atoms with E-state index in [1.165, 1.54) is 25.3 Å². The smallest absolute Gasteiger partial charge is 0.339 e. The number of urea groups is 1. The molecule has 9 nitrogen and oxygen atoms in total. The van der Waals surface area contributed by atoms with Gasteiger partial charge in [0.2, 0.25) is 0 Å². The van der Waals surface area contributed by atoms with Gasteiger partial charge in [-0.3, -0.25) is 10.1 Å². The van der Waals surface area contributed by atoms with Crippen molar-refractivity contribution in [3.8, 4) is 10.6 Å². The van der Waals surface area contributed by atoms with E-state index in [0.29, 0.717) is 23.3 Å². The summed E-state index contributed by atoms with van der Waals surface area (Å²) >= 11 is 1.50. The van der Waals surface area contributed by atoms with Crippen molar-refractivity contribution in [2.24, 2.45) is 0 Å². The maximum atomic E-state index is 12.8. The fourth-order valence-corrected chi connectivity index (χ4v) is 3.24. The molecule has 28 heavy (non-hydrogen) atoms. The number of nitrogens with zero attached hydrogens (tertiary/aromatic N) is 3. The summed E-state index contributed by atoms with van der Waals surface area (Å²) in [7, 11) is 1.38. The Hall–Kier alpha value is -3.27. The van der Waals surface area contributed by atoms with Crippen molar-refractivity contribution in [3.63, 3.8) is 0 Å². The number of carbonyl (C=O) groups is 3. The van der Waals surface area contributed by atoms with Crippen LogP contribution in [0.1, 0.15) is 24.2 Å². The lowest BCUT2D eigenvalue weighted by atomic mass is 10.1. The Balaban J connectivity index is 1.95. The average molecular weight is 401 g/mol. The lowest BCUT2D eigenvalue weighted by molar-refractivity contribution is -0.127. The van der Waals surface area contributed by atoms with Crippen molar-refractivity contribution < 1.29 is 19.1 Å². The van der Waals surface area contributed by atoms with E-state index < -0.39 is 24.0 Å². The number of amides is 3. The van der Waals surface area contributed by atoms with Gasteiger partial charge in [-0.05, 0) is 31.4 Å². The summed E-state index contributed by atoms with van der Waals surface area (Å²) in [4.78, 5) is 41.5. The highest BCUT2D eigenvalue weighted by Crippen LogP contribution is 2.28. The molecule has 0 radical (unpaired) electrons. The van der Waals surface area contributed by atoms with Crippen LogP contribution in [-0.2, 0) is 16.1 Å². The molecule has 3 aromatic heterocycles. The number of rotatable bonds is 5. The summed E-state index contributed by atoms with van der Waals surface area (Å²) in [5.41, 5.74) is 1.43. The Morgan fingerprint density at radius 3 is 2.79 bits per heavy atom. The van der Waals surface area contributed by atoms with E-state index in [-0.39, 0.29) is 5.56 Å². The molecular weight excluding hydrogens is 382 g/mol. The molecule has 0 aliphatic rings. The van der Waals surface area contributed by atoms with Crippen molar-refractivity contribution >= 4 is 40.3 Å². The number of thiophene rings is 1. The first-order valence-corrected chi connectivity index (χ1v) is 9.46. The van der Waals surface area contributed by atoms with Gasteiger partial charge in [0.15, 0.2) is 11.8 Å². The van der Waals surface area contributed by atoms with E-state index in [0.717, 1.165) is 4.88 Å². The number of aromatic nitrogens is 3. The summed E-state index contributed by atoms with van der Waals surface area (Å²) in [6.45, 7) is 3.91. The molecule has 0 spiro atoms. The fourth-order valence-electron chi connectivity index (χ4n) is 2.55. The van der Waals surface area contributed by atoms with E-state index in [1.807, 2.05) is 24.4 Å². The molecule has 3 aromatic rings. The molecule has 0 bridgehead atoms. The first-order chi connectivity index (χ1) is 13.4. The predicted octanol–water partition coefficient (Wildman–Crippen LogP) is 2.18. The van der Waals surface area contributed by atoms with Crippen LogP contribution in [0.5, 0.6) is 0 Å². The van der Waals surface area contributed by atoms with E-state index in [1.54, 1.807) is 16.9 Å². The number of esters is 1. The lowest BCUT2D eigenvalue weighted by Crippen LogP contribution is -2.43. The van der Waals surface area contributed by atoms with E-state index in [9.17, 15) is 14.4 Å². The minimum atomic E-state index is -1.15. The second-order valence-electron chi connectivity index (χ2n) is 5.85. The van der Waals surface area contributed by atoms with Crippen molar-refractivity contribution in [1.29, 1.82) is 0 Å². The first-order valence-electron chi connectivity index (χ1n) is 8.58. The molecule has 0 fully saturated rings. The molecule has 0 aromatic carbocycles. The topological polar surface area (TPSA) is 115 Å². The van der Waals surface area contributed by atoms with Crippen LogP contribution in [0.2, 0.25) is 0 Å². The average Bonchev–Trinajstić information content (AvgIpc) is 3.36. The molecule has 3 amide bonds. The highest BCUT2D eigenvalue weighted by Gasteiger charge is 2.24. The van der Waals surface area contributed by atoms with Crippen molar-refractivity contribution in [2.75, 3.05) is 7.05 Å². The van der Waals surface area contributed by atoms with Gasteiger partial charge in [-0.25, -0.2) is 19.3 Å². The van der Waals surface area contributed by atoms with Gasteiger partial charge in [0.05, 0.1) is 27.7 Å². The maximum Gasteiger partial charge on any atom is 0.339 e. The van der Waals surface area contributed by atoms with Gasteiger partial charge in [0.25, 0.3) is 5.91 Å². The van der Waals surface area contributed by atoms with E-state index in [2.05, 4.69) is 20.7 Å². The molecule has 0 aliphatic heterocycles. The SMILES string of the molecule is CCn1ncc2c(C(=O)OC(C)C(=O)NC(=O)NC)cc(-c3cccs3)nc21. The molecule has 1 unspecified atom stereocenters. The standard InChI is InChI=1S/C18H19N5O4S/c1-4-23-15-12(9-20-23)11(8-13(21-15)14-6-5-7-28-14)17(25)27-10(2)16(24)22-18(26)19-3/h5-10H,4H2,1-3H3,(H2,19,22,24,26). The molecule has 2 N–H and O–H groups in total. The number of imide groups is 1. The van der Waals surface area contributed by atoms with Gasteiger partial charge in [0, 0.05) is 13.6 Å². The molecule has 146 valence electrons. The third-order valence-electron chi connectivity index (χ3n) is 4.02. The fraction of sp³-hybridized carbons (Fsp3) is 0.278. The third kappa shape index (κ3) is 3.86. The van der Waals surface area contributed by atoms with Gasteiger partial charge in [-0.15, -0.1) is 11.3 Å². The predicted molar refractivity (Wildman–Crippen MR) is 104 cm³/mol. The minimum absolute atomic E-state index is 0.257. The van der Waals surface area contributed by atoms with Crippen LogP contribution < -0.4 is 10.6 Å². The van der Waals surface area contributed by atoms with Crippen LogP contribution >= 0.6 is 11.3 Å². The lowest BCUT2D eigenvalue weighted by Gasteiger charge is -2.13. The Morgan fingerprint density at radius 2 is 2.14 bits per heavy atom. The number of hydrogen-bond donors (Lipinski definition) is 2. The molecule has 3 rings (SSSR count). The summed E-state index contributed by atoms with van der Waals surface area (Å²) in [6, 6.07) is 4.75. The van der Waals surface area contributed by atoms with Crippen LogP contribution in [0.4, 0.5) is 4.79 Å². The third-order valence-corrected chi connectivity index (χ3v) is 4.91. The number of carbonyl (C=O) groups excluding carboxylic acids is 3. The molecule has 0 saturated carbocycles. The summed E-state index contributed by atoms with van der Waals surface area (Å²) < 4.78 is 6.96. The van der Waals surface area contributed by atoms with Crippen molar-refractivity contribution in [3.05, 3.63) is 35.3 Å². The first kappa shape index (κ1) is 19.5. The van der Waals surface area contributed by atoms with Crippen LogP contribution in [-0.4, -0.2) is 45.8 Å². The van der Waals surface area contributed by atoms with Gasteiger partial charge in [0.1, 0.15) is 0 Å². The Bertz CT molecular complexity index is 1030. The molecule has 10 heteroatoms. The van der Waals surface area contributed by atoms with E-state index >= 15 is 0 Å². The number of ether oxygens (including phenoxy) is 1. The maximum absolute atomic E-state index is 12.8. The van der Waals surface area contributed by atoms with Gasteiger partial charge in [-0.1, -0.05) is 6.07 Å². The number of fused-ring (bicyclic) bond motifs is 1. The molecule has 3 heterocycles. The zero-order valence-electron chi connectivity index (χ0n) is 15.6.